The number of para-hydroxylation sites is 1. The molecule has 0 spiro atoms. The van der Waals surface area contributed by atoms with Gasteiger partial charge in [0.05, 0.1) is 11.1 Å². The number of halogens is 1. The smallest absolute Gasteiger partial charge is 0.264 e. The quantitative estimate of drug-likeness (QED) is 0.302. The Balaban J connectivity index is 1.76. The summed E-state index contributed by atoms with van der Waals surface area (Å²) in [6, 6.07) is 15.8. The zero-order chi connectivity index (χ0) is 22.9. The van der Waals surface area contributed by atoms with Gasteiger partial charge in [-0.3, -0.25) is 4.79 Å². The van der Waals surface area contributed by atoms with Crippen LogP contribution >= 0.6 is 15.9 Å². The van der Waals surface area contributed by atoms with E-state index >= 15 is 0 Å². The molecule has 3 rings (SSSR count). The van der Waals surface area contributed by atoms with Crippen LogP contribution < -0.4 is 14.4 Å². The monoisotopic (exact) mass is 495 g/mol. The highest BCUT2D eigenvalue weighted by atomic mass is 79.9. The van der Waals surface area contributed by atoms with Gasteiger partial charge in [-0.15, -0.1) is 0 Å². The van der Waals surface area contributed by atoms with E-state index in [2.05, 4.69) is 45.6 Å². The number of carbonyl (C=O) groups excluding carboxylic acids is 1. The Hall–Kier alpha value is -3.24. The number of anilines is 1. The van der Waals surface area contributed by atoms with Crippen LogP contribution in [0.5, 0.6) is 11.5 Å². The first-order valence-electron chi connectivity index (χ1n) is 10.5. The third kappa shape index (κ3) is 5.71. The van der Waals surface area contributed by atoms with Gasteiger partial charge in [0.25, 0.3) is 5.91 Å². The second-order valence-corrected chi connectivity index (χ2v) is 8.00. The summed E-state index contributed by atoms with van der Waals surface area (Å²) in [5.74, 6) is 0.836. The minimum atomic E-state index is -0.263. The zero-order valence-electron chi connectivity index (χ0n) is 18.1. The van der Waals surface area contributed by atoms with Crippen LogP contribution in [-0.4, -0.2) is 50.2 Å². The van der Waals surface area contributed by atoms with Crippen molar-refractivity contribution >= 4 is 33.6 Å². The summed E-state index contributed by atoms with van der Waals surface area (Å²) in [6.07, 6.45) is 3.25. The molecular formula is C25H26BrN3O3. The highest BCUT2D eigenvalue weighted by Gasteiger charge is 2.24. The van der Waals surface area contributed by atoms with E-state index in [1.165, 1.54) is 0 Å². The molecule has 0 aromatic heterocycles. The summed E-state index contributed by atoms with van der Waals surface area (Å²) in [5.41, 5.74) is 1.91. The highest BCUT2D eigenvalue weighted by Crippen LogP contribution is 2.37. The molecule has 1 saturated heterocycles. The lowest BCUT2D eigenvalue weighted by atomic mass is 10.1. The fourth-order valence-corrected chi connectivity index (χ4v) is 4.08. The zero-order valence-corrected chi connectivity index (χ0v) is 19.7. The molecule has 2 aromatic rings. The molecule has 6 nitrogen and oxygen atoms in total. The fraction of sp³-hybridized carbons (Fsp3) is 0.280. The van der Waals surface area contributed by atoms with E-state index in [1.54, 1.807) is 29.2 Å². The maximum atomic E-state index is 13.0. The highest BCUT2D eigenvalue weighted by molar-refractivity contribution is 9.10. The molecular weight excluding hydrogens is 470 g/mol. The Morgan fingerprint density at radius 3 is 2.53 bits per heavy atom. The molecule has 0 saturated carbocycles. The lowest BCUT2D eigenvalue weighted by molar-refractivity contribution is -0.126. The van der Waals surface area contributed by atoms with Gasteiger partial charge < -0.3 is 19.3 Å². The van der Waals surface area contributed by atoms with E-state index in [-0.39, 0.29) is 11.5 Å². The average molecular weight is 496 g/mol. The molecule has 0 unspecified atom stereocenters. The fourth-order valence-electron chi connectivity index (χ4n) is 3.50. The average Bonchev–Trinajstić information content (AvgIpc) is 2.82. The Bertz CT molecular complexity index is 1020. The van der Waals surface area contributed by atoms with Gasteiger partial charge in [-0.2, -0.15) is 5.26 Å². The van der Waals surface area contributed by atoms with Crippen molar-refractivity contribution in [3.63, 3.8) is 0 Å². The number of nitrogens with zero attached hydrogens (tertiary/aromatic N) is 3. The van der Waals surface area contributed by atoms with Crippen LogP contribution in [0.1, 0.15) is 12.5 Å². The first-order chi connectivity index (χ1) is 15.6. The third-order valence-corrected chi connectivity index (χ3v) is 5.62. The topological polar surface area (TPSA) is 65.8 Å². The Kier molecular flexibility index (Phi) is 8.34. The van der Waals surface area contributed by atoms with Crippen LogP contribution in [0.15, 0.2) is 65.2 Å². The molecule has 0 radical (unpaired) electrons. The normalized spacial score (nSPS) is 14.0. The number of nitriles is 1. The predicted octanol–water partition coefficient (Wildman–Crippen LogP) is 4.67. The lowest BCUT2D eigenvalue weighted by Gasteiger charge is -2.36. The summed E-state index contributed by atoms with van der Waals surface area (Å²) in [6.45, 7) is 8.92. The maximum Gasteiger partial charge on any atom is 0.264 e. The Morgan fingerprint density at radius 1 is 1.19 bits per heavy atom. The number of benzene rings is 2. The molecule has 166 valence electrons. The first-order valence-corrected chi connectivity index (χ1v) is 11.3. The number of rotatable bonds is 8. The third-order valence-electron chi connectivity index (χ3n) is 5.03. The van der Waals surface area contributed by atoms with Crippen LogP contribution in [0.2, 0.25) is 0 Å². The molecule has 2 aromatic carbocycles. The first kappa shape index (κ1) is 23.4. The largest absolute Gasteiger partial charge is 0.490 e. The molecule has 0 atom stereocenters. The molecule has 1 aliphatic rings. The number of carbonyl (C=O) groups is 1. The molecule has 0 bridgehead atoms. The minimum Gasteiger partial charge on any atom is -0.490 e. The van der Waals surface area contributed by atoms with Gasteiger partial charge in [-0.25, -0.2) is 0 Å². The van der Waals surface area contributed by atoms with Crippen molar-refractivity contribution in [3.05, 3.63) is 70.7 Å². The van der Waals surface area contributed by atoms with E-state index in [4.69, 9.17) is 9.47 Å². The van der Waals surface area contributed by atoms with Crippen molar-refractivity contribution in [1.29, 1.82) is 5.26 Å². The summed E-state index contributed by atoms with van der Waals surface area (Å²) >= 11 is 3.50. The van der Waals surface area contributed by atoms with Gasteiger partial charge in [0, 0.05) is 31.9 Å². The van der Waals surface area contributed by atoms with Crippen LogP contribution in [0.25, 0.3) is 6.08 Å². The number of ether oxygens (including phenoxy) is 2. The van der Waals surface area contributed by atoms with Crippen molar-refractivity contribution in [1.82, 2.24) is 4.90 Å². The predicted molar refractivity (Wildman–Crippen MR) is 130 cm³/mol. The summed E-state index contributed by atoms with van der Waals surface area (Å²) in [7, 11) is 0. The number of hydrogen-bond donors (Lipinski definition) is 0. The lowest BCUT2D eigenvalue weighted by Crippen LogP contribution is -2.49. The number of piperazine rings is 1. The van der Waals surface area contributed by atoms with E-state index in [9.17, 15) is 10.1 Å². The maximum absolute atomic E-state index is 13.0. The van der Waals surface area contributed by atoms with Crippen molar-refractivity contribution < 1.29 is 14.3 Å². The standard InChI is InChI=1S/C25H26BrN3O3/c1-3-14-32-24-22(26)16-19(17-23(24)31-4-2)15-20(18-27)25(30)29-12-10-28(11-13-29)21-8-6-5-7-9-21/h3,5-9,15-17H,1,4,10-14H2,2H3/b20-15-. The Labute approximate surface area is 197 Å². The second-order valence-electron chi connectivity index (χ2n) is 7.15. The van der Waals surface area contributed by atoms with Crippen molar-refractivity contribution in [2.75, 3.05) is 44.3 Å². The molecule has 7 heteroatoms. The van der Waals surface area contributed by atoms with Crippen molar-refractivity contribution in [2.45, 2.75) is 6.92 Å². The summed E-state index contributed by atoms with van der Waals surface area (Å²) in [5, 5.41) is 9.68. The van der Waals surface area contributed by atoms with E-state index in [0.29, 0.717) is 47.8 Å². The molecule has 1 amide bonds. The van der Waals surface area contributed by atoms with Gasteiger partial charge >= 0.3 is 0 Å². The van der Waals surface area contributed by atoms with Gasteiger partial charge in [0.2, 0.25) is 0 Å². The van der Waals surface area contributed by atoms with Gasteiger partial charge in [-0.05, 0) is 58.8 Å². The van der Waals surface area contributed by atoms with Crippen LogP contribution in [0.4, 0.5) is 5.69 Å². The second kappa shape index (κ2) is 11.4. The van der Waals surface area contributed by atoms with Gasteiger partial charge in [0.1, 0.15) is 18.2 Å². The van der Waals surface area contributed by atoms with E-state index in [1.807, 2.05) is 25.1 Å². The molecule has 1 heterocycles. The van der Waals surface area contributed by atoms with Crippen LogP contribution in [0.3, 0.4) is 0 Å². The van der Waals surface area contributed by atoms with Crippen LogP contribution in [-0.2, 0) is 4.79 Å². The summed E-state index contributed by atoms with van der Waals surface area (Å²) in [4.78, 5) is 17.0. The molecule has 1 fully saturated rings. The number of amides is 1. The van der Waals surface area contributed by atoms with Crippen molar-refractivity contribution in [3.8, 4) is 17.6 Å². The SMILES string of the molecule is C=CCOc1c(Br)cc(/C=C(/C#N)C(=O)N2CCN(c3ccccc3)CC2)cc1OCC. The van der Waals surface area contributed by atoms with Gasteiger partial charge in [-0.1, -0.05) is 30.9 Å². The van der Waals surface area contributed by atoms with Crippen LogP contribution in [0, 0.1) is 11.3 Å². The summed E-state index contributed by atoms with van der Waals surface area (Å²) < 4.78 is 12.1. The number of hydrogen-bond acceptors (Lipinski definition) is 5. The van der Waals surface area contributed by atoms with Crippen molar-refractivity contribution in [2.24, 2.45) is 0 Å². The van der Waals surface area contributed by atoms with E-state index < -0.39 is 0 Å². The molecule has 0 N–H and O–H groups in total. The molecule has 1 aliphatic heterocycles. The van der Waals surface area contributed by atoms with E-state index in [0.717, 1.165) is 18.8 Å². The molecule has 0 aliphatic carbocycles. The Morgan fingerprint density at radius 2 is 1.91 bits per heavy atom. The minimum absolute atomic E-state index is 0.0901. The molecule has 32 heavy (non-hydrogen) atoms. The van der Waals surface area contributed by atoms with Gasteiger partial charge in [0.15, 0.2) is 11.5 Å².